The van der Waals surface area contributed by atoms with Crippen molar-refractivity contribution in [3.63, 3.8) is 0 Å². The molecule has 6 nitrogen and oxygen atoms in total. The number of hydrogen-bond donors (Lipinski definition) is 1. The topological polar surface area (TPSA) is 98.5 Å². The molecule has 0 heterocycles. The fourth-order valence-corrected chi connectivity index (χ4v) is 2.92. The molecule has 1 aromatic carbocycles. The lowest BCUT2D eigenvalue weighted by molar-refractivity contribution is 0.0696. The minimum atomic E-state index is -3.78. The Bertz CT molecular complexity index is 632. The van der Waals surface area contributed by atoms with Crippen molar-refractivity contribution in [2.45, 2.75) is 18.2 Å². The summed E-state index contributed by atoms with van der Waals surface area (Å²) in [7, 11) is -2.42. The highest BCUT2D eigenvalue weighted by Gasteiger charge is 2.23. The van der Waals surface area contributed by atoms with Crippen LogP contribution in [0.5, 0.6) is 0 Å². The molecule has 0 aliphatic heterocycles. The molecule has 19 heavy (non-hydrogen) atoms. The monoisotopic (exact) mass is 282 g/mol. The van der Waals surface area contributed by atoms with E-state index in [4.69, 9.17) is 10.4 Å². The van der Waals surface area contributed by atoms with Gasteiger partial charge in [-0.05, 0) is 24.6 Å². The van der Waals surface area contributed by atoms with Gasteiger partial charge in [0, 0.05) is 20.0 Å². The summed E-state index contributed by atoms with van der Waals surface area (Å²) in [4.78, 5) is 10.8. The molecule has 1 N–H and O–H groups in total. The van der Waals surface area contributed by atoms with E-state index in [0.717, 1.165) is 10.4 Å². The van der Waals surface area contributed by atoms with Crippen LogP contribution in [0, 0.1) is 18.3 Å². The summed E-state index contributed by atoms with van der Waals surface area (Å²) in [6.07, 6.45) is 0.0768. The molecule has 0 spiro atoms. The summed E-state index contributed by atoms with van der Waals surface area (Å²) < 4.78 is 25.6. The summed E-state index contributed by atoms with van der Waals surface area (Å²) in [5.41, 5.74) is 0.381. The van der Waals surface area contributed by atoms with E-state index in [1.165, 1.54) is 19.2 Å². The van der Waals surface area contributed by atoms with Crippen LogP contribution in [-0.4, -0.2) is 37.4 Å². The van der Waals surface area contributed by atoms with E-state index in [1.807, 2.05) is 6.07 Å². The fraction of sp³-hybridized carbons (Fsp3) is 0.333. The van der Waals surface area contributed by atoms with Crippen molar-refractivity contribution in [1.29, 1.82) is 5.26 Å². The lowest BCUT2D eigenvalue weighted by Crippen LogP contribution is -2.28. The molecule has 0 bridgehead atoms. The summed E-state index contributed by atoms with van der Waals surface area (Å²) >= 11 is 0. The van der Waals surface area contributed by atoms with E-state index in [0.29, 0.717) is 5.56 Å². The smallest absolute Gasteiger partial charge is 0.335 e. The molecule has 0 amide bonds. The molecular weight excluding hydrogens is 268 g/mol. The van der Waals surface area contributed by atoms with Crippen molar-refractivity contribution in [1.82, 2.24) is 4.31 Å². The number of rotatable bonds is 5. The largest absolute Gasteiger partial charge is 0.478 e. The number of sulfonamides is 1. The third-order valence-corrected chi connectivity index (χ3v) is 4.66. The zero-order chi connectivity index (χ0) is 14.6. The van der Waals surface area contributed by atoms with Gasteiger partial charge in [-0.3, -0.25) is 0 Å². The Balaban J connectivity index is 3.24. The van der Waals surface area contributed by atoms with Gasteiger partial charge in [0.2, 0.25) is 10.0 Å². The van der Waals surface area contributed by atoms with Crippen molar-refractivity contribution in [3.8, 4) is 6.07 Å². The lowest BCUT2D eigenvalue weighted by Gasteiger charge is -2.17. The molecule has 0 radical (unpaired) electrons. The van der Waals surface area contributed by atoms with Gasteiger partial charge in [0.25, 0.3) is 0 Å². The van der Waals surface area contributed by atoms with Crippen LogP contribution in [0.3, 0.4) is 0 Å². The van der Waals surface area contributed by atoms with Crippen molar-refractivity contribution < 1.29 is 18.3 Å². The van der Waals surface area contributed by atoms with Gasteiger partial charge in [0.15, 0.2) is 0 Å². The Morgan fingerprint density at radius 3 is 2.63 bits per heavy atom. The SMILES string of the molecule is Cc1ccc(C(=O)O)cc1S(=O)(=O)N(C)CCC#N. The first kappa shape index (κ1) is 15.1. The zero-order valence-corrected chi connectivity index (χ0v) is 11.4. The average molecular weight is 282 g/mol. The van der Waals surface area contributed by atoms with Gasteiger partial charge in [0.1, 0.15) is 0 Å². The Labute approximate surface area is 111 Å². The van der Waals surface area contributed by atoms with Gasteiger partial charge in [0.05, 0.1) is 16.5 Å². The van der Waals surface area contributed by atoms with Gasteiger partial charge in [-0.25, -0.2) is 13.2 Å². The van der Waals surface area contributed by atoms with E-state index >= 15 is 0 Å². The van der Waals surface area contributed by atoms with E-state index in [9.17, 15) is 13.2 Å². The van der Waals surface area contributed by atoms with Gasteiger partial charge in [-0.15, -0.1) is 0 Å². The lowest BCUT2D eigenvalue weighted by atomic mass is 10.1. The standard InChI is InChI=1S/C12H14N2O4S/c1-9-4-5-10(12(15)16)8-11(9)19(17,18)14(2)7-3-6-13/h4-5,8H,3,7H2,1-2H3,(H,15,16). The first-order valence-electron chi connectivity index (χ1n) is 5.48. The summed E-state index contributed by atoms with van der Waals surface area (Å²) in [5.74, 6) is -1.18. The molecule has 0 aromatic heterocycles. The first-order valence-corrected chi connectivity index (χ1v) is 6.92. The van der Waals surface area contributed by atoms with E-state index < -0.39 is 16.0 Å². The van der Waals surface area contributed by atoms with Crippen molar-refractivity contribution in [2.24, 2.45) is 0 Å². The van der Waals surface area contributed by atoms with E-state index in [1.54, 1.807) is 6.92 Å². The molecule has 1 rings (SSSR count). The molecule has 7 heteroatoms. The average Bonchev–Trinajstić information content (AvgIpc) is 2.35. The van der Waals surface area contributed by atoms with Crippen LogP contribution < -0.4 is 0 Å². The highest BCUT2D eigenvalue weighted by molar-refractivity contribution is 7.89. The highest BCUT2D eigenvalue weighted by Crippen LogP contribution is 2.20. The van der Waals surface area contributed by atoms with Crippen LogP contribution in [0.25, 0.3) is 0 Å². The normalized spacial score (nSPS) is 11.3. The fourth-order valence-electron chi connectivity index (χ4n) is 1.51. The highest BCUT2D eigenvalue weighted by atomic mass is 32.2. The van der Waals surface area contributed by atoms with Gasteiger partial charge < -0.3 is 5.11 Å². The number of aryl methyl sites for hydroxylation is 1. The molecule has 1 aromatic rings. The number of hydrogen-bond acceptors (Lipinski definition) is 4. The zero-order valence-electron chi connectivity index (χ0n) is 10.6. The molecular formula is C12H14N2O4S. The Morgan fingerprint density at radius 1 is 1.47 bits per heavy atom. The Hall–Kier alpha value is -1.91. The van der Waals surface area contributed by atoms with Crippen LogP contribution in [0.15, 0.2) is 23.1 Å². The molecule has 0 aliphatic rings. The summed E-state index contributed by atoms with van der Waals surface area (Å²) in [6.45, 7) is 1.66. The first-order chi connectivity index (χ1) is 8.80. The van der Waals surface area contributed by atoms with Gasteiger partial charge >= 0.3 is 5.97 Å². The molecule has 0 unspecified atom stereocenters. The number of carboxylic acid groups (broad SMARTS) is 1. The van der Waals surface area contributed by atoms with E-state index in [2.05, 4.69) is 0 Å². The number of carbonyl (C=O) groups is 1. The minimum absolute atomic E-state index is 0.0483. The predicted molar refractivity (Wildman–Crippen MR) is 68.2 cm³/mol. The Kier molecular flexibility index (Phi) is 4.64. The second-order valence-electron chi connectivity index (χ2n) is 4.02. The number of carboxylic acids is 1. The van der Waals surface area contributed by atoms with Crippen LogP contribution in [0.2, 0.25) is 0 Å². The van der Waals surface area contributed by atoms with Gasteiger partial charge in [-0.2, -0.15) is 9.57 Å². The maximum absolute atomic E-state index is 12.3. The molecule has 0 saturated carbocycles. The van der Waals surface area contributed by atoms with Gasteiger partial charge in [-0.1, -0.05) is 6.07 Å². The number of nitriles is 1. The maximum atomic E-state index is 12.3. The minimum Gasteiger partial charge on any atom is -0.478 e. The Morgan fingerprint density at radius 2 is 2.11 bits per heavy atom. The molecule has 102 valence electrons. The summed E-state index contributed by atoms with van der Waals surface area (Å²) in [5, 5.41) is 17.4. The van der Waals surface area contributed by atoms with Crippen LogP contribution >= 0.6 is 0 Å². The number of nitrogens with zero attached hydrogens (tertiary/aromatic N) is 2. The number of aromatic carboxylic acids is 1. The quantitative estimate of drug-likeness (QED) is 0.875. The van der Waals surface area contributed by atoms with E-state index in [-0.39, 0.29) is 23.4 Å². The molecule has 0 saturated heterocycles. The third-order valence-electron chi connectivity index (χ3n) is 2.66. The second-order valence-corrected chi connectivity index (χ2v) is 6.03. The van der Waals surface area contributed by atoms with Crippen LogP contribution in [-0.2, 0) is 10.0 Å². The second kappa shape index (κ2) is 5.82. The van der Waals surface area contributed by atoms with Crippen molar-refractivity contribution >= 4 is 16.0 Å². The molecule has 0 fully saturated rings. The third kappa shape index (κ3) is 3.30. The number of benzene rings is 1. The maximum Gasteiger partial charge on any atom is 0.335 e. The summed E-state index contributed by atoms with van der Waals surface area (Å²) in [6, 6.07) is 5.81. The predicted octanol–water partition coefficient (Wildman–Crippen LogP) is 1.23. The molecule has 0 aliphatic carbocycles. The van der Waals surface area contributed by atoms with Crippen molar-refractivity contribution in [2.75, 3.05) is 13.6 Å². The van der Waals surface area contributed by atoms with Crippen molar-refractivity contribution in [3.05, 3.63) is 29.3 Å². The van der Waals surface area contributed by atoms with Crippen LogP contribution in [0.4, 0.5) is 0 Å². The molecule has 0 atom stereocenters. The van der Waals surface area contributed by atoms with Crippen LogP contribution in [0.1, 0.15) is 22.3 Å².